The van der Waals surface area contributed by atoms with Crippen LogP contribution in [0.25, 0.3) is 0 Å². The van der Waals surface area contributed by atoms with Gasteiger partial charge in [0.05, 0.1) is 6.61 Å². The molecule has 1 saturated heterocycles. The molecule has 2 aliphatic rings. The van der Waals surface area contributed by atoms with E-state index < -0.39 is 0 Å². The summed E-state index contributed by atoms with van der Waals surface area (Å²) in [6.45, 7) is 7.03. The van der Waals surface area contributed by atoms with E-state index in [4.69, 9.17) is 0 Å². The van der Waals surface area contributed by atoms with Crippen LogP contribution in [-0.2, 0) is 0 Å². The fourth-order valence-electron chi connectivity index (χ4n) is 3.33. The fourth-order valence-corrected chi connectivity index (χ4v) is 3.33. The van der Waals surface area contributed by atoms with E-state index in [1.165, 1.54) is 32.4 Å². The van der Waals surface area contributed by atoms with Crippen molar-refractivity contribution in [3.8, 4) is 0 Å². The molecule has 1 aliphatic carbocycles. The van der Waals surface area contributed by atoms with Crippen LogP contribution in [0.5, 0.6) is 0 Å². The molecular weight excluding hydrogens is 200 g/mol. The summed E-state index contributed by atoms with van der Waals surface area (Å²) in [5.74, 6) is 1.93. The Bertz CT molecular complexity index is 198. The molecular formula is C13H26N2O. The van der Waals surface area contributed by atoms with Gasteiger partial charge in [-0.1, -0.05) is 13.3 Å². The Morgan fingerprint density at radius 2 is 2.00 bits per heavy atom. The third-order valence-corrected chi connectivity index (χ3v) is 4.18. The topological polar surface area (TPSA) is 35.5 Å². The van der Waals surface area contributed by atoms with Crippen LogP contribution in [0.2, 0.25) is 0 Å². The lowest BCUT2D eigenvalue weighted by Crippen LogP contribution is -2.43. The average molecular weight is 226 g/mol. The van der Waals surface area contributed by atoms with Crippen molar-refractivity contribution in [2.75, 3.05) is 32.8 Å². The van der Waals surface area contributed by atoms with E-state index in [9.17, 15) is 5.11 Å². The minimum absolute atomic E-state index is 0.270. The number of hydrogen-bond donors (Lipinski definition) is 2. The molecule has 1 aliphatic heterocycles. The van der Waals surface area contributed by atoms with Gasteiger partial charge in [-0.25, -0.2) is 0 Å². The molecule has 0 aromatic rings. The number of rotatable bonds is 6. The molecule has 0 aromatic heterocycles. The van der Waals surface area contributed by atoms with Gasteiger partial charge in [0.1, 0.15) is 0 Å². The number of nitrogens with zero attached hydrogens (tertiary/aromatic N) is 1. The zero-order valence-electron chi connectivity index (χ0n) is 10.5. The Kier molecular flexibility index (Phi) is 4.62. The summed E-state index contributed by atoms with van der Waals surface area (Å²) in [5.41, 5.74) is 0. The fraction of sp³-hybridized carbons (Fsp3) is 1.00. The smallest absolute Gasteiger partial charge is 0.0597 e. The van der Waals surface area contributed by atoms with E-state index in [2.05, 4.69) is 17.1 Å². The number of likely N-dealkylation sites (tertiary alicyclic amines) is 1. The van der Waals surface area contributed by atoms with Crippen molar-refractivity contribution in [2.24, 2.45) is 11.8 Å². The van der Waals surface area contributed by atoms with Crippen molar-refractivity contribution in [3.63, 3.8) is 0 Å². The standard InChI is InChI=1S/C13H26N2O/c1-2-6-14-13(10-16)9-15-7-11-4-3-5-12(11)8-15/h11-14,16H,2-10H2,1H3. The minimum atomic E-state index is 0.270. The van der Waals surface area contributed by atoms with Crippen LogP contribution in [0.4, 0.5) is 0 Å². The lowest BCUT2D eigenvalue weighted by molar-refractivity contribution is 0.193. The molecule has 3 nitrogen and oxygen atoms in total. The summed E-state index contributed by atoms with van der Waals surface area (Å²) in [5, 5.41) is 12.7. The van der Waals surface area contributed by atoms with Crippen molar-refractivity contribution in [3.05, 3.63) is 0 Å². The molecule has 1 saturated carbocycles. The highest BCUT2D eigenvalue weighted by molar-refractivity contribution is 4.89. The van der Waals surface area contributed by atoms with Crippen LogP contribution in [0.1, 0.15) is 32.6 Å². The summed E-state index contributed by atoms with van der Waals surface area (Å²) in [6, 6.07) is 0.277. The summed E-state index contributed by atoms with van der Waals surface area (Å²) < 4.78 is 0. The first-order valence-corrected chi connectivity index (χ1v) is 6.90. The molecule has 16 heavy (non-hydrogen) atoms. The maximum atomic E-state index is 9.33. The predicted octanol–water partition coefficient (Wildman–Crippen LogP) is 1.08. The van der Waals surface area contributed by atoms with Gasteiger partial charge in [0.2, 0.25) is 0 Å². The predicted molar refractivity (Wildman–Crippen MR) is 66.4 cm³/mol. The number of nitrogens with one attached hydrogen (secondary N) is 1. The van der Waals surface area contributed by atoms with Gasteiger partial charge in [-0.05, 0) is 37.6 Å². The zero-order valence-corrected chi connectivity index (χ0v) is 10.5. The minimum Gasteiger partial charge on any atom is -0.395 e. The maximum Gasteiger partial charge on any atom is 0.0597 e. The van der Waals surface area contributed by atoms with Crippen molar-refractivity contribution < 1.29 is 5.11 Å². The SMILES string of the molecule is CCCNC(CO)CN1CC2CCCC2C1. The molecule has 3 heteroatoms. The molecule has 2 fully saturated rings. The van der Waals surface area contributed by atoms with E-state index in [0.29, 0.717) is 0 Å². The van der Waals surface area contributed by atoms with Gasteiger partial charge in [0, 0.05) is 25.7 Å². The molecule has 3 atom stereocenters. The number of aliphatic hydroxyl groups is 1. The van der Waals surface area contributed by atoms with Gasteiger partial charge in [0.15, 0.2) is 0 Å². The first kappa shape index (κ1) is 12.3. The Morgan fingerprint density at radius 3 is 2.56 bits per heavy atom. The van der Waals surface area contributed by atoms with Crippen molar-refractivity contribution in [1.29, 1.82) is 0 Å². The molecule has 94 valence electrons. The summed E-state index contributed by atoms with van der Waals surface area (Å²) in [7, 11) is 0. The van der Waals surface area contributed by atoms with Crippen LogP contribution >= 0.6 is 0 Å². The monoisotopic (exact) mass is 226 g/mol. The lowest BCUT2D eigenvalue weighted by Gasteiger charge is -2.23. The van der Waals surface area contributed by atoms with E-state index in [-0.39, 0.29) is 12.6 Å². The van der Waals surface area contributed by atoms with Gasteiger partial charge >= 0.3 is 0 Å². The first-order chi connectivity index (χ1) is 7.83. The molecule has 0 amide bonds. The van der Waals surface area contributed by atoms with Crippen LogP contribution in [0.15, 0.2) is 0 Å². The molecule has 0 bridgehead atoms. The van der Waals surface area contributed by atoms with Crippen LogP contribution < -0.4 is 5.32 Å². The van der Waals surface area contributed by atoms with Gasteiger partial charge in [-0.2, -0.15) is 0 Å². The summed E-state index contributed by atoms with van der Waals surface area (Å²) in [6.07, 6.45) is 5.46. The number of aliphatic hydroxyl groups excluding tert-OH is 1. The molecule has 0 spiro atoms. The molecule has 3 unspecified atom stereocenters. The van der Waals surface area contributed by atoms with Crippen molar-refractivity contribution in [2.45, 2.75) is 38.6 Å². The average Bonchev–Trinajstić information content (AvgIpc) is 2.84. The Hall–Kier alpha value is -0.120. The van der Waals surface area contributed by atoms with Crippen molar-refractivity contribution >= 4 is 0 Å². The highest BCUT2D eigenvalue weighted by Crippen LogP contribution is 2.37. The Balaban J connectivity index is 1.72. The summed E-state index contributed by atoms with van der Waals surface area (Å²) >= 11 is 0. The lowest BCUT2D eigenvalue weighted by atomic mass is 10.0. The summed E-state index contributed by atoms with van der Waals surface area (Å²) in [4.78, 5) is 2.55. The Labute approximate surface area is 99.2 Å². The van der Waals surface area contributed by atoms with E-state index in [0.717, 1.165) is 31.3 Å². The van der Waals surface area contributed by atoms with Crippen LogP contribution in [0, 0.1) is 11.8 Å². The zero-order chi connectivity index (χ0) is 11.4. The molecule has 0 radical (unpaired) electrons. The largest absolute Gasteiger partial charge is 0.395 e. The molecule has 2 N–H and O–H groups in total. The normalized spacial score (nSPS) is 31.9. The van der Waals surface area contributed by atoms with E-state index >= 15 is 0 Å². The Morgan fingerprint density at radius 1 is 1.31 bits per heavy atom. The first-order valence-electron chi connectivity index (χ1n) is 6.90. The maximum absolute atomic E-state index is 9.33. The van der Waals surface area contributed by atoms with Crippen molar-refractivity contribution in [1.82, 2.24) is 10.2 Å². The highest BCUT2D eigenvalue weighted by atomic mass is 16.3. The van der Waals surface area contributed by atoms with Crippen LogP contribution in [0.3, 0.4) is 0 Å². The molecule has 2 rings (SSSR count). The van der Waals surface area contributed by atoms with Crippen LogP contribution in [-0.4, -0.2) is 48.8 Å². The van der Waals surface area contributed by atoms with E-state index in [1.54, 1.807) is 0 Å². The number of fused-ring (bicyclic) bond motifs is 1. The molecule has 0 aromatic carbocycles. The highest BCUT2D eigenvalue weighted by Gasteiger charge is 2.36. The molecule has 1 heterocycles. The third-order valence-electron chi connectivity index (χ3n) is 4.18. The quantitative estimate of drug-likeness (QED) is 0.711. The van der Waals surface area contributed by atoms with Gasteiger partial charge < -0.3 is 15.3 Å². The second-order valence-corrected chi connectivity index (χ2v) is 5.50. The van der Waals surface area contributed by atoms with Gasteiger partial charge in [0.25, 0.3) is 0 Å². The van der Waals surface area contributed by atoms with Gasteiger partial charge in [-0.15, -0.1) is 0 Å². The van der Waals surface area contributed by atoms with E-state index in [1.807, 2.05) is 0 Å². The second kappa shape index (κ2) is 5.99. The number of hydrogen-bond acceptors (Lipinski definition) is 3. The third kappa shape index (κ3) is 2.96. The second-order valence-electron chi connectivity index (χ2n) is 5.50. The van der Waals surface area contributed by atoms with Gasteiger partial charge in [-0.3, -0.25) is 0 Å².